The van der Waals surface area contributed by atoms with Crippen LogP contribution >= 0.6 is 11.8 Å². The molecule has 2 heterocycles. The lowest BCUT2D eigenvalue weighted by atomic mass is 10.1. The number of hydrogen-bond acceptors (Lipinski definition) is 5. The molecule has 0 bridgehead atoms. The predicted molar refractivity (Wildman–Crippen MR) is 91.4 cm³/mol. The zero-order chi connectivity index (χ0) is 16.2. The molecule has 3 rings (SSSR count). The molecule has 0 aromatic heterocycles. The number of fused-ring (bicyclic) bond motifs is 1. The number of thioether (sulfide) groups is 1. The van der Waals surface area contributed by atoms with Crippen molar-refractivity contribution in [3.8, 4) is 11.5 Å². The van der Waals surface area contributed by atoms with Gasteiger partial charge in [-0.05, 0) is 32.0 Å². The Hall–Kier alpha value is -1.40. The molecule has 1 aromatic rings. The summed E-state index contributed by atoms with van der Waals surface area (Å²) in [6, 6.07) is 6.59. The van der Waals surface area contributed by atoms with Crippen LogP contribution < -0.4 is 14.8 Å². The minimum atomic E-state index is 0.246. The van der Waals surface area contributed by atoms with E-state index >= 15 is 0 Å². The highest BCUT2D eigenvalue weighted by Gasteiger charge is 2.27. The Balaban J connectivity index is 1.50. The van der Waals surface area contributed by atoms with Gasteiger partial charge in [-0.1, -0.05) is 0 Å². The lowest BCUT2D eigenvalue weighted by Crippen LogP contribution is -2.57. The molecule has 6 heteroatoms. The molecular weight excluding hydrogens is 312 g/mol. The Bertz CT molecular complexity index is 567. The number of carbonyl (C=O) groups excluding carboxylic acids is 1. The van der Waals surface area contributed by atoms with E-state index in [1.807, 2.05) is 23.1 Å². The van der Waals surface area contributed by atoms with Crippen molar-refractivity contribution in [1.29, 1.82) is 0 Å². The molecule has 1 amide bonds. The molecule has 2 aliphatic heterocycles. The Morgan fingerprint density at radius 1 is 1.30 bits per heavy atom. The lowest BCUT2D eigenvalue weighted by Gasteiger charge is -2.38. The van der Waals surface area contributed by atoms with Crippen molar-refractivity contribution in [2.24, 2.45) is 0 Å². The first-order chi connectivity index (χ1) is 11.1. The van der Waals surface area contributed by atoms with Crippen molar-refractivity contribution in [1.82, 2.24) is 10.2 Å². The van der Waals surface area contributed by atoms with E-state index in [9.17, 15) is 4.79 Å². The van der Waals surface area contributed by atoms with Crippen molar-refractivity contribution in [3.63, 3.8) is 0 Å². The van der Waals surface area contributed by atoms with Crippen LogP contribution in [-0.4, -0.2) is 54.9 Å². The van der Waals surface area contributed by atoms with Gasteiger partial charge in [0, 0.05) is 42.2 Å². The van der Waals surface area contributed by atoms with Gasteiger partial charge in [-0.3, -0.25) is 4.79 Å². The van der Waals surface area contributed by atoms with Crippen molar-refractivity contribution < 1.29 is 14.3 Å². The largest absolute Gasteiger partial charge is 0.486 e. The van der Waals surface area contributed by atoms with Crippen LogP contribution in [0.5, 0.6) is 11.5 Å². The molecule has 0 aliphatic carbocycles. The molecule has 23 heavy (non-hydrogen) atoms. The van der Waals surface area contributed by atoms with Gasteiger partial charge in [-0.25, -0.2) is 0 Å². The highest BCUT2D eigenvalue weighted by molar-refractivity contribution is 7.99. The third kappa shape index (κ3) is 3.93. The number of nitrogens with one attached hydrogen (secondary N) is 1. The molecule has 1 fully saturated rings. The fourth-order valence-electron chi connectivity index (χ4n) is 2.92. The van der Waals surface area contributed by atoms with E-state index in [0.29, 0.717) is 25.7 Å². The Kier molecular flexibility index (Phi) is 5.33. The molecule has 2 atom stereocenters. The number of hydrogen-bond donors (Lipinski definition) is 1. The number of rotatable bonds is 4. The zero-order valence-electron chi connectivity index (χ0n) is 13.7. The molecule has 2 aliphatic rings. The van der Waals surface area contributed by atoms with Crippen LogP contribution in [0.4, 0.5) is 0 Å². The van der Waals surface area contributed by atoms with Crippen molar-refractivity contribution in [3.05, 3.63) is 18.2 Å². The van der Waals surface area contributed by atoms with Gasteiger partial charge in [0.1, 0.15) is 13.2 Å². The average molecular weight is 336 g/mol. The molecule has 0 radical (unpaired) electrons. The van der Waals surface area contributed by atoms with Gasteiger partial charge >= 0.3 is 0 Å². The van der Waals surface area contributed by atoms with E-state index in [1.165, 1.54) is 0 Å². The van der Waals surface area contributed by atoms with E-state index in [1.54, 1.807) is 11.8 Å². The standard InChI is InChI=1S/C17H24N2O3S/c1-12-13(2)19(7-6-18-12)17(20)5-10-23-14-3-4-15-16(11-14)22-9-8-21-15/h3-4,11-13,18H,5-10H2,1-2H3. The molecule has 0 saturated carbocycles. The zero-order valence-corrected chi connectivity index (χ0v) is 14.5. The first-order valence-corrected chi connectivity index (χ1v) is 9.19. The van der Waals surface area contributed by atoms with E-state index in [2.05, 4.69) is 19.2 Å². The maximum Gasteiger partial charge on any atom is 0.223 e. The van der Waals surface area contributed by atoms with Crippen LogP contribution in [0.15, 0.2) is 23.1 Å². The maximum absolute atomic E-state index is 12.4. The molecule has 0 spiro atoms. The highest BCUT2D eigenvalue weighted by Crippen LogP contribution is 2.34. The van der Waals surface area contributed by atoms with Gasteiger partial charge in [-0.15, -0.1) is 11.8 Å². The number of nitrogens with zero attached hydrogens (tertiary/aromatic N) is 1. The number of benzene rings is 1. The lowest BCUT2D eigenvalue weighted by molar-refractivity contribution is -0.134. The van der Waals surface area contributed by atoms with E-state index in [4.69, 9.17) is 9.47 Å². The second-order valence-corrected chi connectivity index (χ2v) is 7.14. The van der Waals surface area contributed by atoms with Crippen LogP contribution in [0.25, 0.3) is 0 Å². The molecule has 126 valence electrons. The first kappa shape index (κ1) is 16.5. The van der Waals surface area contributed by atoms with E-state index in [0.717, 1.165) is 35.2 Å². The number of ether oxygens (including phenoxy) is 2. The summed E-state index contributed by atoms with van der Waals surface area (Å²) in [5.74, 6) is 2.64. The smallest absolute Gasteiger partial charge is 0.223 e. The molecule has 1 N–H and O–H groups in total. The third-order valence-corrected chi connectivity index (χ3v) is 5.45. The van der Waals surface area contributed by atoms with Gasteiger partial charge in [0.05, 0.1) is 0 Å². The van der Waals surface area contributed by atoms with Crippen LogP contribution in [0.3, 0.4) is 0 Å². The predicted octanol–water partition coefficient (Wildman–Crippen LogP) is 2.15. The summed E-state index contributed by atoms with van der Waals surface area (Å²) < 4.78 is 11.1. The van der Waals surface area contributed by atoms with Crippen LogP contribution in [0.1, 0.15) is 20.3 Å². The van der Waals surface area contributed by atoms with Crippen molar-refractivity contribution in [2.75, 3.05) is 32.1 Å². The van der Waals surface area contributed by atoms with Crippen molar-refractivity contribution in [2.45, 2.75) is 37.2 Å². The summed E-state index contributed by atoms with van der Waals surface area (Å²) >= 11 is 1.69. The molecule has 2 unspecified atom stereocenters. The summed E-state index contributed by atoms with van der Waals surface area (Å²) in [4.78, 5) is 15.5. The Morgan fingerprint density at radius 2 is 2.09 bits per heavy atom. The average Bonchev–Trinajstić information content (AvgIpc) is 2.57. The van der Waals surface area contributed by atoms with E-state index < -0.39 is 0 Å². The summed E-state index contributed by atoms with van der Waals surface area (Å²) in [6.07, 6.45) is 0.566. The maximum atomic E-state index is 12.4. The third-order valence-electron chi connectivity index (χ3n) is 4.45. The minimum Gasteiger partial charge on any atom is -0.486 e. The number of carbonyl (C=O) groups is 1. The SMILES string of the molecule is CC1NCCN(C(=O)CCSc2ccc3c(c2)OCCO3)C1C. The summed E-state index contributed by atoms with van der Waals surface area (Å²) in [5.41, 5.74) is 0. The second kappa shape index (κ2) is 7.45. The topological polar surface area (TPSA) is 50.8 Å². The fraction of sp³-hybridized carbons (Fsp3) is 0.588. The first-order valence-electron chi connectivity index (χ1n) is 8.20. The molecule has 1 aromatic carbocycles. The fourth-order valence-corrected chi connectivity index (χ4v) is 3.79. The van der Waals surface area contributed by atoms with Gasteiger partial charge in [0.25, 0.3) is 0 Å². The van der Waals surface area contributed by atoms with Crippen LogP contribution in [0.2, 0.25) is 0 Å². The highest BCUT2D eigenvalue weighted by atomic mass is 32.2. The van der Waals surface area contributed by atoms with Gasteiger partial charge in [0.2, 0.25) is 5.91 Å². The second-order valence-electron chi connectivity index (χ2n) is 5.97. The monoisotopic (exact) mass is 336 g/mol. The Labute approximate surface area is 141 Å². The molecule has 5 nitrogen and oxygen atoms in total. The minimum absolute atomic E-state index is 0.246. The van der Waals surface area contributed by atoms with Crippen LogP contribution in [0, 0.1) is 0 Å². The quantitative estimate of drug-likeness (QED) is 0.854. The number of piperazine rings is 1. The van der Waals surface area contributed by atoms with Gasteiger partial charge < -0.3 is 19.7 Å². The Morgan fingerprint density at radius 3 is 2.91 bits per heavy atom. The van der Waals surface area contributed by atoms with E-state index in [-0.39, 0.29) is 11.9 Å². The van der Waals surface area contributed by atoms with Crippen LogP contribution in [-0.2, 0) is 4.79 Å². The summed E-state index contributed by atoms with van der Waals surface area (Å²) in [6.45, 7) is 7.14. The van der Waals surface area contributed by atoms with Crippen molar-refractivity contribution >= 4 is 17.7 Å². The summed E-state index contributed by atoms with van der Waals surface area (Å²) in [5, 5.41) is 3.40. The normalized spacial score (nSPS) is 23.7. The molecular formula is C17H24N2O3S. The number of amides is 1. The summed E-state index contributed by atoms with van der Waals surface area (Å²) in [7, 11) is 0. The van der Waals surface area contributed by atoms with Gasteiger partial charge in [0.15, 0.2) is 11.5 Å². The van der Waals surface area contributed by atoms with Gasteiger partial charge in [-0.2, -0.15) is 0 Å². The molecule has 1 saturated heterocycles.